The fraction of sp³-hybridized carbons (Fsp3) is 0.0417. The number of carbonyl (C=O) groups is 1. The Hall–Kier alpha value is -4.03. The molecule has 2 N–H and O–H groups in total. The zero-order valence-corrected chi connectivity index (χ0v) is 16.0. The van der Waals surface area contributed by atoms with Gasteiger partial charge in [-0.15, -0.1) is 0 Å². The number of carbonyl (C=O) groups excluding carboxylic acids is 1. The number of benzene rings is 2. The number of aromatic amines is 1. The maximum atomic E-state index is 12.6. The van der Waals surface area contributed by atoms with Crippen molar-refractivity contribution in [3.8, 4) is 16.9 Å². The fourth-order valence-corrected chi connectivity index (χ4v) is 3.07. The van der Waals surface area contributed by atoms with Gasteiger partial charge in [-0.1, -0.05) is 42.5 Å². The molecule has 0 aliphatic rings. The molecule has 0 aliphatic carbocycles. The maximum absolute atomic E-state index is 12.6. The summed E-state index contributed by atoms with van der Waals surface area (Å²) in [7, 11) is 0. The molecule has 0 bridgehead atoms. The normalized spacial score (nSPS) is 11.1. The zero-order chi connectivity index (χ0) is 20.9. The summed E-state index contributed by atoms with van der Waals surface area (Å²) in [5.74, 6) is -0.167. The lowest BCUT2D eigenvalue weighted by atomic mass is 10.1. The first-order valence-corrected chi connectivity index (χ1v) is 9.39. The summed E-state index contributed by atoms with van der Waals surface area (Å²) in [5.41, 5.74) is 3.91. The Labute approximate surface area is 172 Å². The Kier molecular flexibility index (Phi) is 5.50. The highest BCUT2D eigenvalue weighted by Crippen LogP contribution is 2.17. The van der Waals surface area contributed by atoms with E-state index in [0.29, 0.717) is 16.9 Å². The first-order valence-electron chi connectivity index (χ1n) is 9.39. The van der Waals surface area contributed by atoms with Crippen molar-refractivity contribution in [1.82, 2.24) is 14.5 Å². The summed E-state index contributed by atoms with van der Waals surface area (Å²) in [4.78, 5) is 31.9. The van der Waals surface area contributed by atoms with Crippen molar-refractivity contribution in [2.75, 3.05) is 0 Å². The quantitative estimate of drug-likeness (QED) is 0.384. The molecule has 30 heavy (non-hydrogen) atoms. The van der Waals surface area contributed by atoms with Gasteiger partial charge in [0.15, 0.2) is 5.78 Å². The van der Waals surface area contributed by atoms with Crippen LogP contribution in [0.3, 0.4) is 0 Å². The Balaban J connectivity index is 1.58. The number of H-pyrrole nitrogens is 1. The van der Waals surface area contributed by atoms with E-state index in [-0.39, 0.29) is 18.1 Å². The minimum atomic E-state index is -0.294. The second-order valence-electron chi connectivity index (χ2n) is 6.73. The van der Waals surface area contributed by atoms with Crippen LogP contribution in [-0.4, -0.2) is 25.4 Å². The van der Waals surface area contributed by atoms with Crippen LogP contribution in [0.4, 0.5) is 0 Å². The Morgan fingerprint density at radius 2 is 1.93 bits per heavy atom. The van der Waals surface area contributed by atoms with Crippen LogP contribution in [0.2, 0.25) is 0 Å². The van der Waals surface area contributed by atoms with Gasteiger partial charge >= 0.3 is 5.69 Å². The van der Waals surface area contributed by atoms with Crippen LogP contribution in [0.1, 0.15) is 21.5 Å². The first-order chi connectivity index (χ1) is 14.6. The predicted molar refractivity (Wildman–Crippen MR) is 115 cm³/mol. The van der Waals surface area contributed by atoms with Gasteiger partial charge < -0.3 is 10.1 Å². The molecular formula is C24H19N3O3. The maximum Gasteiger partial charge on any atom is 0.330 e. The van der Waals surface area contributed by atoms with Crippen LogP contribution in [0.15, 0.2) is 90.1 Å². The van der Waals surface area contributed by atoms with E-state index in [1.54, 1.807) is 55.0 Å². The molecule has 0 radical (unpaired) electrons. The van der Waals surface area contributed by atoms with Gasteiger partial charge in [0.1, 0.15) is 0 Å². The summed E-state index contributed by atoms with van der Waals surface area (Å²) in [6.45, 7) is -0.0171. The molecule has 2 aromatic carbocycles. The molecule has 0 unspecified atom stereocenters. The summed E-state index contributed by atoms with van der Waals surface area (Å²) in [5, 5.41) is 9.10. The van der Waals surface area contributed by atoms with Crippen LogP contribution >= 0.6 is 0 Å². The SMILES string of the molecule is O=C(C=Cc1ccc(CO)cc1)c1cccc(-n2cc(-c3cccnc3)[nH]c2=O)c1. The average Bonchev–Trinajstić information content (AvgIpc) is 3.20. The third-order valence-corrected chi connectivity index (χ3v) is 4.69. The smallest absolute Gasteiger partial charge is 0.330 e. The zero-order valence-electron chi connectivity index (χ0n) is 16.0. The van der Waals surface area contributed by atoms with Gasteiger partial charge in [0.2, 0.25) is 0 Å². The van der Waals surface area contributed by atoms with Gasteiger partial charge in [-0.25, -0.2) is 4.79 Å². The lowest BCUT2D eigenvalue weighted by molar-refractivity contribution is 0.104. The van der Waals surface area contributed by atoms with E-state index in [1.165, 1.54) is 10.6 Å². The van der Waals surface area contributed by atoms with E-state index in [4.69, 9.17) is 5.11 Å². The van der Waals surface area contributed by atoms with Crippen molar-refractivity contribution < 1.29 is 9.90 Å². The fourth-order valence-electron chi connectivity index (χ4n) is 3.07. The van der Waals surface area contributed by atoms with Gasteiger partial charge in [0.25, 0.3) is 0 Å². The molecule has 0 amide bonds. The van der Waals surface area contributed by atoms with Crippen molar-refractivity contribution in [3.63, 3.8) is 0 Å². The number of hydrogen-bond acceptors (Lipinski definition) is 4. The minimum absolute atomic E-state index is 0.0171. The molecule has 6 heteroatoms. The Bertz CT molecular complexity index is 1250. The van der Waals surface area contributed by atoms with Gasteiger partial charge in [0, 0.05) is 29.7 Å². The number of ketones is 1. The number of pyridine rings is 1. The number of nitrogens with zero attached hydrogens (tertiary/aromatic N) is 2. The molecule has 0 saturated heterocycles. The average molecular weight is 397 g/mol. The predicted octanol–water partition coefficient (Wildman–Crippen LogP) is 3.62. The largest absolute Gasteiger partial charge is 0.392 e. The number of allylic oxidation sites excluding steroid dienone is 1. The standard InChI is InChI=1S/C24H19N3O3/c28-16-18-8-6-17(7-9-18)10-11-23(29)19-3-1-5-21(13-19)27-15-22(26-24(27)30)20-4-2-12-25-14-20/h1-15,28H,16H2,(H,26,30). The molecule has 6 nitrogen and oxygen atoms in total. The first kappa shape index (κ1) is 19.3. The molecule has 0 atom stereocenters. The van der Waals surface area contributed by atoms with Gasteiger partial charge in [-0.05, 0) is 41.5 Å². The van der Waals surface area contributed by atoms with Gasteiger partial charge in [-0.2, -0.15) is 0 Å². The molecule has 4 rings (SSSR count). The molecule has 148 valence electrons. The van der Waals surface area contributed by atoms with E-state index < -0.39 is 0 Å². The van der Waals surface area contributed by atoms with Crippen LogP contribution in [0, 0.1) is 0 Å². The van der Waals surface area contributed by atoms with E-state index in [2.05, 4.69) is 9.97 Å². The third-order valence-electron chi connectivity index (χ3n) is 4.69. The van der Waals surface area contributed by atoms with E-state index in [9.17, 15) is 9.59 Å². The number of aliphatic hydroxyl groups excluding tert-OH is 1. The van der Waals surface area contributed by atoms with E-state index in [0.717, 1.165) is 16.7 Å². The van der Waals surface area contributed by atoms with Crippen LogP contribution in [-0.2, 0) is 6.61 Å². The van der Waals surface area contributed by atoms with Crippen LogP contribution in [0.25, 0.3) is 23.0 Å². The van der Waals surface area contributed by atoms with Crippen molar-refractivity contribution in [1.29, 1.82) is 0 Å². The van der Waals surface area contributed by atoms with Crippen LogP contribution < -0.4 is 5.69 Å². The van der Waals surface area contributed by atoms with Gasteiger partial charge in [0.05, 0.1) is 18.0 Å². The molecular weight excluding hydrogens is 378 g/mol. The number of nitrogens with one attached hydrogen (secondary N) is 1. The van der Waals surface area contributed by atoms with Crippen molar-refractivity contribution >= 4 is 11.9 Å². The van der Waals surface area contributed by atoms with Crippen molar-refractivity contribution in [2.24, 2.45) is 0 Å². The van der Waals surface area contributed by atoms with E-state index in [1.807, 2.05) is 30.3 Å². The highest BCUT2D eigenvalue weighted by atomic mass is 16.3. The molecule has 4 aromatic rings. The number of rotatable bonds is 6. The van der Waals surface area contributed by atoms with Gasteiger partial charge in [-0.3, -0.25) is 14.3 Å². The Morgan fingerprint density at radius 3 is 2.67 bits per heavy atom. The number of aliphatic hydroxyl groups is 1. The summed E-state index contributed by atoms with van der Waals surface area (Å²) in [6.07, 6.45) is 8.25. The molecule has 0 saturated carbocycles. The van der Waals surface area contributed by atoms with Crippen LogP contribution in [0.5, 0.6) is 0 Å². The number of hydrogen-bond donors (Lipinski definition) is 2. The monoisotopic (exact) mass is 397 g/mol. The molecule has 0 fully saturated rings. The topological polar surface area (TPSA) is 88.0 Å². The highest BCUT2D eigenvalue weighted by Gasteiger charge is 2.09. The second-order valence-corrected chi connectivity index (χ2v) is 6.73. The highest BCUT2D eigenvalue weighted by molar-refractivity contribution is 6.07. The number of aromatic nitrogens is 3. The molecule has 2 aromatic heterocycles. The molecule has 0 aliphatic heterocycles. The third kappa shape index (κ3) is 4.19. The molecule has 0 spiro atoms. The van der Waals surface area contributed by atoms with Crippen molar-refractivity contribution in [3.05, 3.63) is 113 Å². The van der Waals surface area contributed by atoms with E-state index >= 15 is 0 Å². The van der Waals surface area contributed by atoms with Crippen molar-refractivity contribution in [2.45, 2.75) is 6.61 Å². The minimum Gasteiger partial charge on any atom is -0.392 e. The summed E-state index contributed by atoms with van der Waals surface area (Å²) >= 11 is 0. The lowest BCUT2D eigenvalue weighted by Gasteiger charge is -2.03. The molecule has 2 heterocycles. The Morgan fingerprint density at radius 1 is 1.10 bits per heavy atom. The second kappa shape index (κ2) is 8.55. The summed E-state index contributed by atoms with van der Waals surface area (Å²) in [6, 6.07) is 17.9. The number of imidazole rings is 1. The summed E-state index contributed by atoms with van der Waals surface area (Å²) < 4.78 is 1.47. The lowest BCUT2D eigenvalue weighted by Crippen LogP contribution is -2.14.